The highest BCUT2D eigenvalue weighted by molar-refractivity contribution is 7.90. The fourth-order valence-corrected chi connectivity index (χ4v) is 2.73. The van der Waals surface area contributed by atoms with Crippen molar-refractivity contribution in [2.24, 2.45) is 0 Å². The Hall–Kier alpha value is -2.16. The number of esters is 1. The Morgan fingerprint density at radius 3 is 2.14 bits per heavy atom. The molecule has 1 rings (SSSR count). The second kappa shape index (κ2) is 6.73. The lowest BCUT2D eigenvalue weighted by Gasteiger charge is -2.15. The predicted molar refractivity (Wildman–Crippen MR) is 73.6 cm³/mol. The van der Waals surface area contributed by atoms with E-state index in [1.807, 2.05) is 0 Å². The average molecular weight is 334 g/mol. The summed E-state index contributed by atoms with van der Waals surface area (Å²) in [5.41, 5.74) is -0.484. The minimum absolute atomic E-state index is 0.0477. The van der Waals surface area contributed by atoms with Gasteiger partial charge in [0.2, 0.25) is 0 Å². The Morgan fingerprint density at radius 1 is 1.18 bits per heavy atom. The van der Waals surface area contributed by atoms with Gasteiger partial charge in [-0.05, 0) is 13.0 Å². The number of methoxy groups -OCH3 is 2. The van der Waals surface area contributed by atoms with Crippen molar-refractivity contribution in [3.05, 3.63) is 17.4 Å². The van der Waals surface area contributed by atoms with Crippen molar-refractivity contribution in [3.63, 3.8) is 0 Å². The number of rotatable bonds is 6. The van der Waals surface area contributed by atoms with Crippen LogP contribution in [0.15, 0.2) is 11.0 Å². The van der Waals surface area contributed by atoms with Crippen LogP contribution in [0.25, 0.3) is 0 Å². The molecule has 7 nitrogen and oxygen atoms in total. The molecule has 0 unspecified atom stereocenters. The number of ketones is 1. The molecular weight excluding hydrogens is 319 g/mol. The van der Waals surface area contributed by atoms with Crippen LogP contribution < -0.4 is 9.47 Å². The van der Waals surface area contributed by atoms with Crippen LogP contribution in [0.4, 0.5) is 4.39 Å². The first kappa shape index (κ1) is 17.9. The van der Waals surface area contributed by atoms with Crippen LogP contribution in [-0.2, 0) is 19.4 Å². The van der Waals surface area contributed by atoms with Crippen LogP contribution in [0.5, 0.6) is 11.5 Å². The van der Waals surface area contributed by atoms with Gasteiger partial charge in [0.1, 0.15) is 10.7 Å². The number of ether oxygens (including phenoxy) is 3. The topological polar surface area (TPSA) is 96.0 Å². The predicted octanol–water partition coefficient (Wildman–Crippen LogP) is 0.992. The zero-order valence-electron chi connectivity index (χ0n) is 12.4. The van der Waals surface area contributed by atoms with Gasteiger partial charge < -0.3 is 14.2 Å². The first-order valence-corrected chi connectivity index (χ1v) is 7.94. The van der Waals surface area contributed by atoms with E-state index in [0.29, 0.717) is 6.07 Å². The summed E-state index contributed by atoms with van der Waals surface area (Å²) < 4.78 is 51.8. The summed E-state index contributed by atoms with van der Waals surface area (Å²) in [7, 11) is -1.77. The maximum Gasteiger partial charge on any atom is 0.379 e. The highest BCUT2D eigenvalue weighted by Gasteiger charge is 2.31. The molecule has 0 heterocycles. The highest BCUT2D eigenvalue weighted by Crippen LogP contribution is 2.39. The first-order valence-electron chi connectivity index (χ1n) is 6.04. The average Bonchev–Trinajstić information content (AvgIpc) is 2.43. The fourth-order valence-electron chi connectivity index (χ4n) is 1.80. The molecule has 0 spiro atoms. The highest BCUT2D eigenvalue weighted by atomic mass is 32.2. The molecule has 9 heteroatoms. The Morgan fingerprint density at radius 2 is 1.73 bits per heavy atom. The largest absolute Gasteiger partial charge is 0.492 e. The fraction of sp³-hybridized carbons (Fsp3) is 0.385. The van der Waals surface area contributed by atoms with Crippen molar-refractivity contribution in [2.45, 2.75) is 11.8 Å². The van der Waals surface area contributed by atoms with Crippen molar-refractivity contribution >= 4 is 21.6 Å². The molecule has 0 aromatic heterocycles. The van der Waals surface area contributed by atoms with Crippen LogP contribution >= 0.6 is 0 Å². The van der Waals surface area contributed by atoms with E-state index >= 15 is 0 Å². The maximum absolute atomic E-state index is 14.1. The van der Waals surface area contributed by atoms with E-state index in [1.165, 1.54) is 6.92 Å². The lowest BCUT2D eigenvalue weighted by molar-refractivity contribution is -0.137. The molecule has 0 saturated heterocycles. The standard InChI is InChI=1S/C13H15FO7S/c1-5-21-13(16)9(15)7-6-8(14)12(22(4,17)18)11(20-3)10(7)19-2/h6H,5H2,1-4H3. The molecule has 0 saturated carbocycles. The van der Waals surface area contributed by atoms with Crippen LogP contribution in [0, 0.1) is 5.82 Å². The van der Waals surface area contributed by atoms with Gasteiger partial charge in [-0.3, -0.25) is 4.79 Å². The van der Waals surface area contributed by atoms with Crippen LogP contribution in [0.3, 0.4) is 0 Å². The third kappa shape index (κ3) is 3.35. The molecule has 122 valence electrons. The van der Waals surface area contributed by atoms with Crippen molar-refractivity contribution in [1.29, 1.82) is 0 Å². The normalized spacial score (nSPS) is 11.0. The van der Waals surface area contributed by atoms with Crippen molar-refractivity contribution < 1.29 is 36.6 Å². The van der Waals surface area contributed by atoms with Gasteiger partial charge in [-0.25, -0.2) is 17.6 Å². The van der Waals surface area contributed by atoms with Gasteiger partial charge in [0.05, 0.1) is 26.4 Å². The Balaban J connectivity index is 3.67. The number of carbonyl (C=O) groups is 2. The maximum atomic E-state index is 14.1. The monoisotopic (exact) mass is 334 g/mol. The Kier molecular flexibility index (Phi) is 5.48. The number of halogens is 1. The second-order valence-electron chi connectivity index (χ2n) is 4.12. The smallest absolute Gasteiger partial charge is 0.379 e. The summed E-state index contributed by atoms with van der Waals surface area (Å²) in [5, 5.41) is 0. The van der Waals surface area contributed by atoms with Crippen LogP contribution in [0.2, 0.25) is 0 Å². The molecule has 0 atom stereocenters. The lowest BCUT2D eigenvalue weighted by atomic mass is 10.1. The molecule has 0 bridgehead atoms. The molecule has 0 fully saturated rings. The number of sulfone groups is 1. The van der Waals surface area contributed by atoms with Gasteiger partial charge in [-0.2, -0.15) is 0 Å². The zero-order chi connectivity index (χ0) is 17.1. The number of benzene rings is 1. The number of carbonyl (C=O) groups excluding carboxylic acids is 2. The van der Waals surface area contributed by atoms with Crippen molar-refractivity contribution in [1.82, 2.24) is 0 Å². The van der Waals surface area contributed by atoms with Crippen LogP contribution in [0.1, 0.15) is 17.3 Å². The van der Waals surface area contributed by atoms with E-state index in [1.54, 1.807) is 0 Å². The van der Waals surface area contributed by atoms with Gasteiger partial charge in [-0.1, -0.05) is 0 Å². The first-order chi connectivity index (χ1) is 10.2. The van der Waals surface area contributed by atoms with E-state index in [4.69, 9.17) is 9.47 Å². The molecule has 0 aliphatic carbocycles. The SMILES string of the molecule is CCOC(=O)C(=O)c1cc(F)c(S(C)(=O)=O)c(OC)c1OC. The minimum Gasteiger partial charge on any atom is -0.492 e. The summed E-state index contributed by atoms with van der Waals surface area (Å²) >= 11 is 0. The molecule has 22 heavy (non-hydrogen) atoms. The molecule has 0 aliphatic heterocycles. The van der Waals surface area contributed by atoms with Gasteiger partial charge in [0.15, 0.2) is 21.3 Å². The summed E-state index contributed by atoms with van der Waals surface area (Å²) in [6, 6.07) is 0.608. The van der Waals surface area contributed by atoms with E-state index in [-0.39, 0.29) is 12.4 Å². The van der Waals surface area contributed by atoms with Crippen molar-refractivity contribution in [2.75, 3.05) is 27.1 Å². The molecule has 0 radical (unpaired) electrons. The van der Waals surface area contributed by atoms with E-state index in [0.717, 1.165) is 20.5 Å². The molecular formula is C13H15FO7S. The molecule has 0 aliphatic rings. The second-order valence-corrected chi connectivity index (χ2v) is 6.08. The summed E-state index contributed by atoms with van der Waals surface area (Å²) in [4.78, 5) is 22.7. The van der Waals surface area contributed by atoms with Gasteiger partial charge in [-0.15, -0.1) is 0 Å². The van der Waals surface area contributed by atoms with E-state index in [9.17, 15) is 22.4 Å². The quantitative estimate of drug-likeness (QED) is 0.435. The van der Waals surface area contributed by atoms with E-state index in [2.05, 4.69) is 4.74 Å². The third-order valence-corrected chi connectivity index (χ3v) is 3.75. The summed E-state index contributed by atoms with van der Waals surface area (Å²) in [5.74, 6) is -4.46. The minimum atomic E-state index is -3.99. The van der Waals surface area contributed by atoms with E-state index < -0.39 is 43.6 Å². The van der Waals surface area contributed by atoms with Gasteiger partial charge in [0, 0.05) is 6.26 Å². The molecule has 0 N–H and O–H groups in total. The summed E-state index contributed by atoms with van der Waals surface area (Å²) in [6.45, 7) is 1.45. The number of hydrogen-bond donors (Lipinski definition) is 0. The van der Waals surface area contributed by atoms with Crippen molar-refractivity contribution in [3.8, 4) is 11.5 Å². The lowest BCUT2D eigenvalue weighted by Crippen LogP contribution is -2.19. The molecule has 1 aromatic rings. The molecule has 1 aromatic carbocycles. The van der Waals surface area contributed by atoms with Gasteiger partial charge in [0.25, 0.3) is 5.78 Å². The number of hydrogen-bond acceptors (Lipinski definition) is 7. The Bertz CT molecular complexity index is 710. The van der Waals surface area contributed by atoms with Crippen LogP contribution in [-0.4, -0.2) is 47.3 Å². The number of Topliss-reactive ketones (excluding diaryl/α,β-unsaturated/α-hetero) is 1. The molecule has 0 amide bonds. The zero-order valence-corrected chi connectivity index (χ0v) is 13.2. The summed E-state index contributed by atoms with van der Waals surface area (Å²) in [6.07, 6.45) is 0.778. The third-order valence-electron chi connectivity index (χ3n) is 2.63. The Labute approximate surface area is 126 Å². The van der Waals surface area contributed by atoms with Gasteiger partial charge >= 0.3 is 5.97 Å².